The van der Waals surface area contributed by atoms with Crippen LogP contribution in [-0.2, 0) is 0 Å². The number of methoxy groups -OCH3 is 1. The fourth-order valence-corrected chi connectivity index (χ4v) is 2.49. The molecule has 0 aliphatic carbocycles. The number of hydrogen-bond donors (Lipinski definition) is 2. The van der Waals surface area contributed by atoms with Crippen molar-refractivity contribution < 1.29 is 9.53 Å². The zero-order chi connectivity index (χ0) is 15.2. The first-order valence-electron chi connectivity index (χ1n) is 6.66. The number of hydrogen-bond acceptors (Lipinski definition) is 6. The van der Waals surface area contributed by atoms with E-state index in [2.05, 4.69) is 20.8 Å². The number of aromatic nitrogens is 2. The van der Waals surface area contributed by atoms with Gasteiger partial charge in [0.1, 0.15) is 5.75 Å². The third kappa shape index (κ3) is 3.91. The standard InChI is InChI=1S/C14H18N4O2S/c1-4-15-14-18-17-13(21-14)12(19)16-9(2)10-5-7-11(20-3)8-6-10/h5-9H,4H2,1-3H3,(H,15,18)(H,16,19). The van der Waals surface area contributed by atoms with E-state index < -0.39 is 0 Å². The quantitative estimate of drug-likeness (QED) is 0.857. The van der Waals surface area contributed by atoms with Gasteiger partial charge in [-0.05, 0) is 31.5 Å². The molecule has 2 aromatic rings. The number of nitrogens with zero attached hydrogens (tertiary/aromatic N) is 2. The van der Waals surface area contributed by atoms with Crippen LogP contribution in [0.2, 0.25) is 0 Å². The lowest BCUT2D eigenvalue weighted by atomic mass is 10.1. The summed E-state index contributed by atoms with van der Waals surface area (Å²) in [6.07, 6.45) is 0. The van der Waals surface area contributed by atoms with Crippen molar-refractivity contribution in [2.24, 2.45) is 0 Å². The van der Waals surface area contributed by atoms with Gasteiger partial charge in [0, 0.05) is 6.54 Å². The molecule has 1 aromatic carbocycles. The number of amides is 1. The van der Waals surface area contributed by atoms with Gasteiger partial charge in [-0.3, -0.25) is 4.79 Å². The zero-order valence-electron chi connectivity index (χ0n) is 12.2. The molecule has 1 atom stereocenters. The first kappa shape index (κ1) is 15.2. The molecule has 21 heavy (non-hydrogen) atoms. The summed E-state index contributed by atoms with van der Waals surface area (Å²) in [7, 11) is 1.62. The highest BCUT2D eigenvalue weighted by atomic mass is 32.1. The number of ether oxygens (including phenoxy) is 1. The van der Waals surface area contributed by atoms with Crippen LogP contribution in [0.25, 0.3) is 0 Å². The lowest BCUT2D eigenvalue weighted by Gasteiger charge is -2.13. The average molecular weight is 306 g/mol. The van der Waals surface area contributed by atoms with Crippen molar-refractivity contribution >= 4 is 22.4 Å². The first-order chi connectivity index (χ1) is 10.1. The summed E-state index contributed by atoms with van der Waals surface area (Å²) in [5.74, 6) is 0.566. The van der Waals surface area contributed by atoms with Gasteiger partial charge in [-0.25, -0.2) is 0 Å². The van der Waals surface area contributed by atoms with E-state index in [1.807, 2.05) is 38.1 Å². The monoisotopic (exact) mass is 306 g/mol. The first-order valence-corrected chi connectivity index (χ1v) is 7.48. The Hall–Kier alpha value is -2.15. The Kier molecular flexibility index (Phi) is 5.10. The van der Waals surface area contributed by atoms with Gasteiger partial charge in [-0.1, -0.05) is 23.5 Å². The molecule has 1 amide bonds. The highest BCUT2D eigenvalue weighted by Gasteiger charge is 2.16. The smallest absolute Gasteiger partial charge is 0.282 e. The molecule has 2 N–H and O–H groups in total. The van der Waals surface area contributed by atoms with E-state index in [4.69, 9.17) is 4.74 Å². The maximum atomic E-state index is 12.1. The maximum Gasteiger partial charge on any atom is 0.282 e. The summed E-state index contributed by atoms with van der Waals surface area (Å²) in [6, 6.07) is 7.47. The normalized spacial score (nSPS) is 11.8. The van der Waals surface area contributed by atoms with E-state index in [-0.39, 0.29) is 11.9 Å². The van der Waals surface area contributed by atoms with Crippen LogP contribution in [0.15, 0.2) is 24.3 Å². The average Bonchev–Trinajstić information content (AvgIpc) is 2.96. The number of nitrogens with one attached hydrogen (secondary N) is 2. The fourth-order valence-electron chi connectivity index (χ4n) is 1.77. The number of carbonyl (C=O) groups is 1. The molecule has 2 rings (SSSR count). The van der Waals surface area contributed by atoms with Gasteiger partial charge >= 0.3 is 0 Å². The largest absolute Gasteiger partial charge is 0.497 e. The minimum atomic E-state index is -0.222. The van der Waals surface area contributed by atoms with Crippen molar-refractivity contribution in [1.29, 1.82) is 0 Å². The third-order valence-corrected chi connectivity index (χ3v) is 3.79. The van der Waals surface area contributed by atoms with Crippen LogP contribution in [0.5, 0.6) is 5.75 Å². The molecule has 6 nitrogen and oxygen atoms in total. The second-order valence-electron chi connectivity index (χ2n) is 4.41. The number of carbonyl (C=O) groups excluding carboxylic acids is 1. The topological polar surface area (TPSA) is 76.1 Å². The Bertz CT molecular complexity index is 597. The maximum absolute atomic E-state index is 12.1. The van der Waals surface area contributed by atoms with Crippen LogP contribution in [0.1, 0.15) is 35.3 Å². The van der Waals surface area contributed by atoms with Crippen molar-refractivity contribution in [3.8, 4) is 5.75 Å². The van der Waals surface area contributed by atoms with Gasteiger partial charge < -0.3 is 15.4 Å². The van der Waals surface area contributed by atoms with Crippen LogP contribution in [0.3, 0.4) is 0 Å². The second-order valence-corrected chi connectivity index (χ2v) is 5.39. The summed E-state index contributed by atoms with van der Waals surface area (Å²) in [6.45, 7) is 4.64. The second kappa shape index (κ2) is 7.03. The van der Waals surface area contributed by atoms with Crippen LogP contribution in [0, 0.1) is 0 Å². The van der Waals surface area contributed by atoms with E-state index >= 15 is 0 Å². The number of anilines is 1. The highest BCUT2D eigenvalue weighted by Crippen LogP contribution is 2.19. The van der Waals surface area contributed by atoms with Crippen LogP contribution < -0.4 is 15.4 Å². The minimum Gasteiger partial charge on any atom is -0.497 e. The SMILES string of the molecule is CCNc1nnc(C(=O)NC(C)c2ccc(OC)cc2)s1. The Morgan fingerprint density at radius 3 is 2.67 bits per heavy atom. The van der Waals surface area contributed by atoms with Gasteiger partial charge in [0.2, 0.25) is 10.1 Å². The van der Waals surface area contributed by atoms with Crippen LogP contribution >= 0.6 is 11.3 Å². The van der Waals surface area contributed by atoms with Gasteiger partial charge in [0.25, 0.3) is 5.91 Å². The van der Waals surface area contributed by atoms with E-state index in [1.165, 1.54) is 11.3 Å². The van der Waals surface area contributed by atoms with Gasteiger partial charge in [-0.2, -0.15) is 0 Å². The molecule has 0 radical (unpaired) electrons. The summed E-state index contributed by atoms with van der Waals surface area (Å²) < 4.78 is 5.11. The lowest BCUT2D eigenvalue weighted by Crippen LogP contribution is -2.26. The molecule has 0 spiro atoms. The predicted molar refractivity (Wildman–Crippen MR) is 82.9 cm³/mol. The molecular weight excluding hydrogens is 288 g/mol. The van der Waals surface area contributed by atoms with Crippen molar-refractivity contribution in [2.75, 3.05) is 19.0 Å². The van der Waals surface area contributed by atoms with Crippen LogP contribution in [-0.4, -0.2) is 29.8 Å². The molecule has 0 saturated carbocycles. The predicted octanol–water partition coefficient (Wildman–Crippen LogP) is 2.47. The number of benzene rings is 1. The Morgan fingerprint density at radius 1 is 1.33 bits per heavy atom. The van der Waals surface area contributed by atoms with Gasteiger partial charge in [0.05, 0.1) is 13.2 Å². The van der Waals surface area contributed by atoms with Gasteiger partial charge in [-0.15, -0.1) is 10.2 Å². The molecule has 1 unspecified atom stereocenters. The lowest BCUT2D eigenvalue weighted by molar-refractivity contribution is 0.0939. The van der Waals surface area contributed by atoms with E-state index in [1.54, 1.807) is 7.11 Å². The third-order valence-electron chi connectivity index (χ3n) is 2.91. The molecule has 0 fully saturated rings. The summed E-state index contributed by atoms with van der Waals surface area (Å²) in [5.41, 5.74) is 1.00. The summed E-state index contributed by atoms with van der Waals surface area (Å²) in [5, 5.41) is 14.7. The van der Waals surface area contributed by atoms with E-state index in [9.17, 15) is 4.79 Å². The molecular formula is C14H18N4O2S. The molecule has 112 valence electrons. The van der Waals surface area contributed by atoms with Crippen molar-refractivity contribution in [3.63, 3.8) is 0 Å². The molecule has 1 aromatic heterocycles. The fraction of sp³-hybridized carbons (Fsp3) is 0.357. The minimum absolute atomic E-state index is 0.116. The van der Waals surface area contributed by atoms with Crippen molar-refractivity contribution in [2.45, 2.75) is 19.9 Å². The van der Waals surface area contributed by atoms with Crippen molar-refractivity contribution in [3.05, 3.63) is 34.8 Å². The Morgan fingerprint density at radius 2 is 2.05 bits per heavy atom. The van der Waals surface area contributed by atoms with Crippen LogP contribution in [0.4, 0.5) is 5.13 Å². The Labute approximate surface area is 127 Å². The molecule has 7 heteroatoms. The summed E-state index contributed by atoms with van der Waals surface area (Å²) >= 11 is 1.24. The Balaban J connectivity index is 1.99. The molecule has 0 aliphatic rings. The number of rotatable bonds is 6. The molecule has 0 aliphatic heterocycles. The molecule has 1 heterocycles. The van der Waals surface area contributed by atoms with Crippen molar-refractivity contribution in [1.82, 2.24) is 15.5 Å². The highest BCUT2D eigenvalue weighted by molar-refractivity contribution is 7.17. The van der Waals surface area contributed by atoms with E-state index in [0.29, 0.717) is 10.1 Å². The molecule has 0 bridgehead atoms. The van der Waals surface area contributed by atoms with Gasteiger partial charge in [0.15, 0.2) is 0 Å². The zero-order valence-corrected chi connectivity index (χ0v) is 13.0. The van der Waals surface area contributed by atoms with E-state index in [0.717, 1.165) is 17.9 Å². The summed E-state index contributed by atoms with van der Waals surface area (Å²) in [4.78, 5) is 12.1. The molecule has 0 saturated heterocycles.